The Morgan fingerprint density at radius 1 is 1.11 bits per heavy atom. The molecular weight excluding hydrogens is 486 g/mol. The average Bonchev–Trinajstić information content (AvgIpc) is 3.56. The van der Waals surface area contributed by atoms with Gasteiger partial charge in [-0.1, -0.05) is 24.3 Å². The number of aromatic nitrogens is 2. The lowest BCUT2D eigenvalue weighted by molar-refractivity contribution is -0.385. The Hall–Kier alpha value is -4.47. The number of amides is 1. The van der Waals surface area contributed by atoms with Gasteiger partial charge < -0.3 is 9.47 Å². The minimum atomic E-state index is -0.588. The summed E-state index contributed by atoms with van der Waals surface area (Å²) < 4.78 is 12.0. The highest BCUT2D eigenvalue weighted by Gasteiger charge is 2.45. The fraction of sp³-hybridized carbons (Fsp3) is 0.321. The van der Waals surface area contributed by atoms with Crippen molar-refractivity contribution in [3.8, 4) is 11.5 Å². The highest BCUT2D eigenvalue weighted by atomic mass is 16.6. The van der Waals surface area contributed by atoms with E-state index < -0.39 is 16.9 Å². The molecule has 0 radical (unpaired) electrons. The second-order valence-electron chi connectivity index (χ2n) is 9.27. The minimum absolute atomic E-state index is 0.0575. The maximum absolute atomic E-state index is 13.9. The fourth-order valence-corrected chi connectivity index (χ4v) is 5.17. The molecular formula is C28H29N5O5. The number of hydrazone groups is 1. The molecule has 1 amide bonds. The van der Waals surface area contributed by atoms with E-state index in [2.05, 4.69) is 11.2 Å². The summed E-state index contributed by atoms with van der Waals surface area (Å²) in [5.74, 6) is 0.830. The molecule has 0 saturated heterocycles. The molecule has 2 unspecified atom stereocenters. The van der Waals surface area contributed by atoms with Crippen LogP contribution in [0.2, 0.25) is 0 Å². The number of aryl methyl sites for hydroxylation is 1. The fourth-order valence-electron chi connectivity index (χ4n) is 5.17. The predicted octanol–water partition coefficient (Wildman–Crippen LogP) is 5.27. The molecule has 2 aliphatic rings. The molecule has 2 aromatic carbocycles. The summed E-state index contributed by atoms with van der Waals surface area (Å²) in [6.45, 7) is 2.22. The Morgan fingerprint density at radius 2 is 1.76 bits per heavy atom. The number of hydrogen-bond donors (Lipinski definition) is 0. The third-order valence-corrected chi connectivity index (χ3v) is 7.09. The van der Waals surface area contributed by atoms with Crippen molar-refractivity contribution in [1.29, 1.82) is 0 Å². The molecule has 10 heteroatoms. The standard InChI is InChI=1S/C28H29N5O5/c1-4-31-17-24(33(35)36)26(29-31)28(34)32-27(19-10-14-22(38-3)15-11-19)23-7-5-6-20(25(23)30-32)16-18-8-12-21(37-2)13-9-18/h8-17,23,27H,4-7H2,1-3H3/b20-16-. The van der Waals surface area contributed by atoms with Crippen LogP contribution in [0.4, 0.5) is 5.69 Å². The molecule has 2 atom stereocenters. The van der Waals surface area contributed by atoms with Gasteiger partial charge in [-0.25, -0.2) is 5.01 Å². The number of carbonyl (C=O) groups excluding carboxylic acids is 1. The molecule has 0 N–H and O–H groups in total. The number of hydrogen-bond acceptors (Lipinski definition) is 7. The van der Waals surface area contributed by atoms with Crippen molar-refractivity contribution < 1.29 is 19.2 Å². The van der Waals surface area contributed by atoms with Crippen molar-refractivity contribution in [1.82, 2.24) is 14.8 Å². The zero-order chi connectivity index (χ0) is 26.8. The SMILES string of the molecule is CCn1cc([N+](=O)[O-])c(C(=O)N2N=C3/C(=C\c4ccc(OC)cc4)CCCC3C2c2ccc(OC)cc2)n1. The van der Waals surface area contributed by atoms with E-state index in [1.165, 1.54) is 15.9 Å². The lowest BCUT2D eigenvalue weighted by Gasteiger charge is -2.29. The Kier molecular flexibility index (Phi) is 6.95. The smallest absolute Gasteiger partial charge is 0.320 e. The van der Waals surface area contributed by atoms with Crippen LogP contribution in [-0.4, -0.2) is 45.6 Å². The quantitative estimate of drug-likeness (QED) is 0.313. The Balaban J connectivity index is 1.59. The number of benzene rings is 2. The van der Waals surface area contributed by atoms with Crippen LogP contribution in [0, 0.1) is 16.0 Å². The third kappa shape index (κ3) is 4.65. The van der Waals surface area contributed by atoms with Crippen molar-refractivity contribution in [2.24, 2.45) is 11.0 Å². The molecule has 5 rings (SSSR count). The van der Waals surface area contributed by atoms with Crippen molar-refractivity contribution in [3.63, 3.8) is 0 Å². The zero-order valence-corrected chi connectivity index (χ0v) is 21.5. The lowest BCUT2D eigenvalue weighted by Crippen LogP contribution is -2.32. The summed E-state index contributed by atoms with van der Waals surface area (Å²) in [6.07, 6.45) is 5.98. The molecule has 1 aliphatic carbocycles. The maximum Gasteiger partial charge on any atom is 0.320 e. The van der Waals surface area contributed by atoms with Gasteiger partial charge in [0.2, 0.25) is 5.69 Å². The van der Waals surface area contributed by atoms with Crippen LogP contribution in [0.5, 0.6) is 11.5 Å². The number of carbonyl (C=O) groups is 1. The molecule has 1 saturated carbocycles. The maximum atomic E-state index is 13.9. The summed E-state index contributed by atoms with van der Waals surface area (Å²) in [4.78, 5) is 25.1. The van der Waals surface area contributed by atoms with E-state index in [9.17, 15) is 14.9 Å². The van der Waals surface area contributed by atoms with Gasteiger partial charge in [0.15, 0.2) is 0 Å². The summed E-state index contributed by atoms with van der Waals surface area (Å²) in [5.41, 5.74) is 3.24. The molecule has 1 aromatic heterocycles. The highest BCUT2D eigenvalue weighted by Crippen LogP contribution is 2.45. The van der Waals surface area contributed by atoms with Crippen LogP contribution in [0.25, 0.3) is 6.08 Å². The van der Waals surface area contributed by atoms with Crippen molar-refractivity contribution in [2.45, 2.75) is 38.8 Å². The Morgan fingerprint density at radius 3 is 2.37 bits per heavy atom. The van der Waals surface area contributed by atoms with Crippen LogP contribution >= 0.6 is 0 Å². The van der Waals surface area contributed by atoms with E-state index in [0.29, 0.717) is 12.3 Å². The van der Waals surface area contributed by atoms with Crippen LogP contribution in [0.3, 0.4) is 0 Å². The van der Waals surface area contributed by atoms with Crippen LogP contribution in [0.15, 0.2) is 65.4 Å². The number of nitro groups is 1. The largest absolute Gasteiger partial charge is 0.497 e. The van der Waals surface area contributed by atoms with Gasteiger partial charge >= 0.3 is 11.6 Å². The number of ether oxygens (including phenoxy) is 2. The van der Waals surface area contributed by atoms with Gasteiger partial charge in [0.05, 0.1) is 30.9 Å². The number of rotatable bonds is 7. The van der Waals surface area contributed by atoms with Crippen LogP contribution in [-0.2, 0) is 6.54 Å². The number of nitrogens with zero attached hydrogens (tertiary/aromatic N) is 5. The first-order valence-electron chi connectivity index (χ1n) is 12.6. The normalized spacial score (nSPS) is 19.7. The molecule has 0 spiro atoms. The van der Waals surface area contributed by atoms with E-state index in [4.69, 9.17) is 14.6 Å². The highest BCUT2D eigenvalue weighted by molar-refractivity contribution is 6.09. The van der Waals surface area contributed by atoms with Crippen molar-refractivity contribution in [2.75, 3.05) is 14.2 Å². The molecule has 1 aliphatic heterocycles. The Labute approximate surface area is 220 Å². The van der Waals surface area contributed by atoms with Gasteiger partial charge in [-0.05, 0) is 73.2 Å². The van der Waals surface area contributed by atoms with E-state index in [0.717, 1.165) is 47.4 Å². The molecule has 38 heavy (non-hydrogen) atoms. The molecule has 10 nitrogen and oxygen atoms in total. The van der Waals surface area contributed by atoms with Gasteiger partial charge in [0, 0.05) is 12.5 Å². The van der Waals surface area contributed by atoms with Crippen molar-refractivity contribution in [3.05, 3.63) is 87.2 Å². The predicted molar refractivity (Wildman–Crippen MR) is 142 cm³/mol. The lowest BCUT2D eigenvalue weighted by atomic mass is 9.77. The first-order valence-corrected chi connectivity index (χ1v) is 12.6. The molecule has 196 valence electrons. The van der Waals surface area contributed by atoms with Gasteiger partial charge in [0.1, 0.15) is 17.7 Å². The second-order valence-corrected chi connectivity index (χ2v) is 9.27. The van der Waals surface area contributed by atoms with Gasteiger partial charge in [-0.3, -0.25) is 19.6 Å². The van der Waals surface area contributed by atoms with E-state index in [-0.39, 0.29) is 17.3 Å². The number of allylic oxidation sites excluding steroid dienone is 1. The summed E-state index contributed by atoms with van der Waals surface area (Å²) in [5, 5.41) is 22.2. The van der Waals surface area contributed by atoms with Crippen molar-refractivity contribution >= 4 is 23.4 Å². The first-order chi connectivity index (χ1) is 18.4. The number of methoxy groups -OCH3 is 2. The van der Waals surface area contributed by atoms with Crippen LogP contribution < -0.4 is 9.47 Å². The molecule has 3 aromatic rings. The van der Waals surface area contributed by atoms with E-state index in [1.807, 2.05) is 55.5 Å². The number of fused-ring (bicyclic) bond motifs is 1. The van der Waals surface area contributed by atoms with E-state index >= 15 is 0 Å². The molecule has 2 heterocycles. The molecule has 1 fully saturated rings. The summed E-state index contributed by atoms with van der Waals surface area (Å²) in [6, 6.07) is 14.9. The van der Waals surface area contributed by atoms with Gasteiger partial charge in [-0.2, -0.15) is 10.2 Å². The van der Waals surface area contributed by atoms with Gasteiger partial charge in [-0.15, -0.1) is 0 Å². The summed E-state index contributed by atoms with van der Waals surface area (Å²) in [7, 11) is 3.23. The zero-order valence-electron chi connectivity index (χ0n) is 21.5. The second kappa shape index (κ2) is 10.5. The minimum Gasteiger partial charge on any atom is -0.497 e. The topological polar surface area (TPSA) is 112 Å². The van der Waals surface area contributed by atoms with E-state index in [1.54, 1.807) is 14.2 Å². The third-order valence-electron chi connectivity index (χ3n) is 7.09. The van der Waals surface area contributed by atoms with Crippen LogP contribution in [0.1, 0.15) is 53.8 Å². The monoisotopic (exact) mass is 515 g/mol. The average molecular weight is 516 g/mol. The Bertz CT molecular complexity index is 1410. The summed E-state index contributed by atoms with van der Waals surface area (Å²) >= 11 is 0. The first kappa shape index (κ1) is 25.2. The molecule has 0 bridgehead atoms. The van der Waals surface area contributed by atoms with Gasteiger partial charge in [0.25, 0.3) is 0 Å².